The van der Waals surface area contributed by atoms with Crippen molar-refractivity contribution in [1.82, 2.24) is 4.90 Å². The molecule has 9 heteroatoms. The monoisotopic (exact) mass is 317 g/mol. The van der Waals surface area contributed by atoms with Crippen molar-refractivity contribution >= 4 is 17.3 Å². The summed E-state index contributed by atoms with van der Waals surface area (Å²) < 4.78 is 41.6. The second-order valence-corrected chi connectivity index (χ2v) is 5.03. The van der Waals surface area contributed by atoms with Gasteiger partial charge in [-0.15, -0.1) is 13.2 Å². The molecule has 0 aliphatic carbocycles. The number of benzene rings is 1. The molecule has 0 radical (unpaired) electrons. The van der Waals surface area contributed by atoms with Crippen LogP contribution in [0.15, 0.2) is 23.2 Å². The van der Waals surface area contributed by atoms with Gasteiger partial charge >= 0.3 is 6.36 Å². The molecule has 0 unspecified atom stereocenters. The van der Waals surface area contributed by atoms with Crippen molar-refractivity contribution in [3.05, 3.63) is 18.2 Å². The SMILES string of the molecule is CN1CCN(c2ccc(N=C(N)N)c(OC(F)(F)F)c2)CC1. The number of aliphatic imine (C=N–C) groups is 1. The van der Waals surface area contributed by atoms with Crippen molar-refractivity contribution in [1.29, 1.82) is 0 Å². The summed E-state index contributed by atoms with van der Waals surface area (Å²) in [5.74, 6) is -0.753. The lowest BCUT2D eigenvalue weighted by atomic mass is 10.2. The highest BCUT2D eigenvalue weighted by atomic mass is 19.4. The lowest BCUT2D eigenvalue weighted by Crippen LogP contribution is -2.44. The van der Waals surface area contributed by atoms with Crippen molar-refractivity contribution in [2.45, 2.75) is 6.36 Å². The van der Waals surface area contributed by atoms with Crippen molar-refractivity contribution in [3.63, 3.8) is 0 Å². The Morgan fingerprint density at radius 3 is 2.36 bits per heavy atom. The van der Waals surface area contributed by atoms with E-state index in [1.807, 2.05) is 11.9 Å². The highest BCUT2D eigenvalue weighted by Gasteiger charge is 2.32. The van der Waals surface area contributed by atoms with E-state index in [0.29, 0.717) is 5.69 Å². The molecule has 1 heterocycles. The normalized spacial score (nSPS) is 16.5. The average molecular weight is 317 g/mol. The highest BCUT2D eigenvalue weighted by Crippen LogP contribution is 2.36. The predicted octanol–water partition coefficient (Wildman–Crippen LogP) is 1.24. The fraction of sp³-hybridized carbons (Fsp3) is 0.462. The molecule has 0 atom stereocenters. The van der Waals surface area contributed by atoms with Crippen LogP contribution in [-0.4, -0.2) is 50.4 Å². The fourth-order valence-corrected chi connectivity index (χ4v) is 2.20. The number of likely N-dealkylation sites (N-methyl/N-ethyl adjacent to an activating group) is 1. The summed E-state index contributed by atoms with van der Waals surface area (Å²) in [6.45, 7) is 3.13. The number of alkyl halides is 3. The lowest BCUT2D eigenvalue weighted by molar-refractivity contribution is -0.274. The first-order valence-electron chi connectivity index (χ1n) is 6.67. The van der Waals surface area contributed by atoms with E-state index in [9.17, 15) is 13.2 Å². The van der Waals surface area contributed by atoms with Gasteiger partial charge in [-0.05, 0) is 19.2 Å². The minimum atomic E-state index is -4.81. The molecule has 0 spiro atoms. The Balaban J connectivity index is 2.30. The van der Waals surface area contributed by atoms with Crippen LogP contribution < -0.4 is 21.1 Å². The zero-order chi connectivity index (χ0) is 16.3. The van der Waals surface area contributed by atoms with Gasteiger partial charge in [-0.3, -0.25) is 0 Å². The van der Waals surface area contributed by atoms with E-state index in [2.05, 4.69) is 14.6 Å². The van der Waals surface area contributed by atoms with Crippen molar-refractivity contribution < 1.29 is 17.9 Å². The van der Waals surface area contributed by atoms with E-state index < -0.39 is 12.1 Å². The maximum absolute atomic E-state index is 12.5. The van der Waals surface area contributed by atoms with E-state index in [4.69, 9.17) is 11.5 Å². The third-order valence-corrected chi connectivity index (χ3v) is 3.29. The van der Waals surface area contributed by atoms with E-state index >= 15 is 0 Å². The van der Waals surface area contributed by atoms with Gasteiger partial charge in [-0.25, -0.2) is 4.99 Å². The van der Waals surface area contributed by atoms with Gasteiger partial charge in [0.25, 0.3) is 0 Å². The number of hydrogen-bond acceptors (Lipinski definition) is 4. The van der Waals surface area contributed by atoms with Gasteiger partial charge in [0.05, 0.1) is 0 Å². The van der Waals surface area contributed by atoms with Crippen LogP contribution in [0.3, 0.4) is 0 Å². The molecular weight excluding hydrogens is 299 g/mol. The molecule has 6 nitrogen and oxygen atoms in total. The molecule has 1 aliphatic heterocycles. The van der Waals surface area contributed by atoms with Gasteiger partial charge in [-0.1, -0.05) is 0 Å². The number of nitrogens with two attached hydrogens (primary N) is 2. The van der Waals surface area contributed by atoms with Crippen molar-refractivity contribution in [2.24, 2.45) is 16.5 Å². The molecule has 22 heavy (non-hydrogen) atoms. The summed E-state index contributed by atoms with van der Waals surface area (Å²) >= 11 is 0. The van der Waals surface area contributed by atoms with Gasteiger partial charge in [0.2, 0.25) is 0 Å². The van der Waals surface area contributed by atoms with Crippen LogP contribution in [-0.2, 0) is 0 Å². The molecule has 0 saturated carbocycles. The number of halogens is 3. The van der Waals surface area contributed by atoms with E-state index in [1.54, 1.807) is 6.07 Å². The molecule has 1 aliphatic rings. The summed E-state index contributed by atoms with van der Waals surface area (Å²) in [6, 6.07) is 4.39. The van der Waals surface area contributed by atoms with E-state index in [1.165, 1.54) is 12.1 Å². The second-order valence-electron chi connectivity index (χ2n) is 5.03. The zero-order valence-electron chi connectivity index (χ0n) is 12.1. The van der Waals surface area contributed by atoms with E-state index in [-0.39, 0.29) is 11.6 Å². The zero-order valence-corrected chi connectivity index (χ0v) is 12.1. The lowest BCUT2D eigenvalue weighted by Gasteiger charge is -2.34. The summed E-state index contributed by atoms with van der Waals surface area (Å²) in [5.41, 5.74) is 11.0. The fourth-order valence-electron chi connectivity index (χ4n) is 2.20. The minimum Gasteiger partial charge on any atom is -0.403 e. The molecule has 4 N–H and O–H groups in total. The number of hydrogen-bond donors (Lipinski definition) is 2. The molecule has 0 amide bonds. The van der Waals surface area contributed by atoms with Crippen LogP contribution in [0.1, 0.15) is 0 Å². The Morgan fingerprint density at radius 1 is 1.18 bits per heavy atom. The number of guanidine groups is 1. The van der Waals surface area contributed by atoms with Gasteiger partial charge < -0.3 is 26.0 Å². The predicted molar refractivity (Wildman–Crippen MR) is 78.3 cm³/mol. The number of ether oxygens (including phenoxy) is 1. The van der Waals surface area contributed by atoms with Gasteiger partial charge in [0.1, 0.15) is 5.69 Å². The van der Waals surface area contributed by atoms with Crippen molar-refractivity contribution in [2.75, 3.05) is 38.1 Å². The Labute approximate surface area is 126 Å². The number of piperazine rings is 1. The Morgan fingerprint density at radius 2 is 1.82 bits per heavy atom. The van der Waals surface area contributed by atoms with Crippen LogP contribution in [0.25, 0.3) is 0 Å². The topological polar surface area (TPSA) is 80.1 Å². The van der Waals surface area contributed by atoms with Gasteiger partial charge in [0.15, 0.2) is 11.7 Å². The average Bonchev–Trinajstić information content (AvgIpc) is 2.39. The standard InChI is InChI=1S/C13H18F3N5O/c1-20-4-6-21(7-5-20)9-2-3-10(19-12(17)18)11(8-9)22-13(14,15)16/h2-3,8H,4-7H2,1H3,(H4,17,18,19). The van der Waals surface area contributed by atoms with Crippen LogP contribution in [0.2, 0.25) is 0 Å². The van der Waals surface area contributed by atoms with Crippen LogP contribution >= 0.6 is 0 Å². The quantitative estimate of drug-likeness (QED) is 0.648. The molecule has 0 bridgehead atoms. The summed E-state index contributed by atoms with van der Waals surface area (Å²) in [5, 5.41) is 0. The Bertz CT molecular complexity index is 549. The number of nitrogens with zero attached hydrogens (tertiary/aromatic N) is 3. The van der Waals surface area contributed by atoms with Gasteiger partial charge in [0, 0.05) is 37.9 Å². The maximum Gasteiger partial charge on any atom is 0.573 e. The minimum absolute atomic E-state index is 0.0600. The molecular formula is C13H18F3N5O. The maximum atomic E-state index is 12.5. The van der Waals surface area contributed by atoms with E-state index in [0.717, 1.165) is 26.2 Å². The third-order valence-electron chi connectivity index (χ3n) is 3.29. The first kappa shape index (κ1) is 16.2. The first-order chi connectivity index (χ1) is 10.2. The molecule has 2 rings (SSSR count). The van der Waals surface area contributed by atoms with Gasteiger partial charge in [-0.2, -0.15) is 0 Å². The Hall–Kier alpha value is -2.16. The molecule has 1 fully saturated rings. The molecule has 1 saturated heterocycles. The molecule has 122 valence electrons. The molecule has 1 aromatic rings. The third kappa shape index (κ3) is 4.42. The van der Waals surface area contributed by atoms with Crippen LogP contribution in [0.5, 0.6) is 5.75 Å². The van der Waals surface area contributed by atoms with Crippen molar-refractivity contribution in [3.8, 4) is 5.75 Å². The molecule has 1 aromatic carbocycles. The summed E-state index contributed by atoms with van der Waals surface area (Å²) in [4.78, 5) is 7.80. The van der Waals surface area contributed by atoms with Crippen LogP contribution in [0, 0.1) is 0 Å². The molecule has 0 aromatic heterocycles. The summed E-state index contributed by atoms with van der Waals surface area (Å²) in [7, 11) is 2.00. The Kier molecular flexibility index (Phi) is 4.65. The summed E-state index contributed by atoms with van der Waals surface area (Å²) in [6.07, 6.45) is -4.81. The second kappa shape index (κ2) is 6.30. The largest absolute Gasteiger partial charge is 0.573 e. The smallest absolute Gasteiger partial charge is 0.403 e. The first-order valence-corrected chi connectivity index (χ1v) is 6.67. The highest BCUT2D eigenvalue weighted by molar-refractivity contribution is 5.80. The number of anilines is 1. The van der Waals surface area contributed by atoms with Crippen LogP contribution in [0.4, 0.5) is 24.5 Å². The number of rotatable bonds is 3.